The van der Waals surface area contributed by atoms with E-state index in [1.807, 2.05) is 0 Å². The lowest BCUT2D eigenvalue weighted by Crippen LogP contribution is -2.44. The summed E-state index contributed by atoms with van der Waals surface area (Å²) in [6, 6.07) is 1.42. The van der Waals surface area contributed by atoms with Crippen LogP contribution in [-0.4, -0.2) is 32.5 Å². The Morgan fingerprint density at radius 3 is 2.48 bits per heavy atom. The van der Waals surface area contributed by atoms with E-state index in [-0.39, 0.29) is 21.9 Å². The topological polar surface area (TPSA) is 114 Å². The van der Waals surface area contributed by atoms with E-state index in [9.17, 15) is 25.4 Å². The van der Waals surface area contributed by atoms with Gasteiger partial charge in [-0.2, -0.15) is 0 Å². The molecule has 1 aromatic heterocycles. The van der Waals surface area contributed by atoms with Crippen LogP contribution in [0, 0.1) is 11.3 Å². The van der Waals surface area contributed by atoms with Gasteiger partial charge in [-0.25, -0.2) is 0 Å². The van der Waals surface area contributed by atoms with Crippen LogP contribution in [0.15, 0.2) is 10.5 Å². The van der Waals surface area contributed by atoms with Gasteiger partial charge >= 0.3 is 7.12 Å². The SMILES string of the molecule is CC1(C)CCCC2(C)c3c(oc4c(B(O)O)c(O)c(O)cc34)C(O)CC[C@H]12. The number of phenolic OH excluding ortho intramolecular Hbond substituents is 2. The first kappa shape index (κ1) is 18.7. The zero-order valence-electron chi connectivity index (χ0n) is 16.0. The fourth-order valence-electron chi connectivity index (χ4n) is 5.90. The third kappa shape index (κ3) is 2.52. The molecule has 146 valence electrons. The summed E-state index contributed by atoms with van der Waals surface area (Å²) in [5, 5.41) is 51.2. The van der Waals surface area contributed by atoms with Gasteiger partial charge in [0.15, 0.2) is 11.5 Å². The molecule has 3 atom stereocenters. The molecule has 1 fully saturated rings. The van der Waals surface area contributed by atoms with Crippen LogP contribution in [0.1, 0.15) is 70.3 Å². The average Bonchev–Trinajstić information content (AvgIpc) is 2.88. The van der Waals surface area contributed by atoms with E-state index in [1.54, 1.807) is 0 Å². The van der Waals surface area contributed by atoms with Crippen molar-refractivity contribution < 1.29 is 29.8 Å². The number of fused-ring (bicyclic) bond motifs is 5. The minimum absolute atomic E-state index is 0.0935. The number of hydrogen-bond donors (Lipinski definition) is 5. The average molecular weight is 374 g/mol. The highest BCUT2D eigenvalue weighted by molar-refractivity contribution is 6.63. The lowest BCUT2D eigenvalue weighted by molar-refractivity contribution is 0.0445. The number of aliphatic hydroxyl groups is 1. The normalized spacial score (nSPS) is 29.9. The Morgan fingerprint density at radius 1 is 1.11 bits per heavy atom. The zero-order chi connectivity index (χ0) is 19.7. The minimum Gasteiger partial charge on any atom is -0.504 e. The molecule has 5 N–H and O–H groups in total. The van der Waals surface area contributed by atoms with Gasteiger partial charge in [0.05, 0.1) is 5.46 Å². The molecule has 1 aromatic carbocycles. The van der Waals surface area contributed by atoms with Crippen molar-refractivity contribution in [2.45, 2.75) is 64.4 Å². The van der Waals surface area contributed by atoms with Crippen molar-refractivity contribution in [2.24, 2.45) is 11.3 Å². The summed E-state index contributed by atoms with van der Waals surface area (Å²) in [5.41, 5.74) is 0.504. The molecule has 0 radical (unpaired) electrons. The molecule has 0 amide bonds. The van der Waals surface area contributed by atoms with Crippen LogP contribution >= 0.6 is 0 Å². The van der Waals surface area contributed by atoms with Crippen LogP contribution in [0.2, 0.25) is 0 Å². The number of hydrogen-bond acceptors (Lipinski definition) is 6. The molecule has 27 heavy (non-hydrogen) atoms. The van der Waals surface area contributed by atoms with Gasteiger partial charge in [0, 0.05) is 10.9 Å². The molecule has 1 saturated carbocycles. The molecule has 0 spiro atoms. The second-order valence-corrected chi connectivity index (χ2v) is 9.15. The third-order valence-corrected chi connectivity index (χ3v) is 7.09. The van der Waals surface area contributed by atoms with E-state index >= 15 is 0 Å². The van der Waals surface area contributed by atoms with Gasteiger partial charge in [-0.05, 0) is 48.5 Å². The molecular weight excluding hydrogens is 347 g/mol. The number of phenols is 2. The summed E-state index contributed by atoms with van der Waals surface area (Å²) in [5.74, 6) is -0.307. The number of benzene rings is 1. The summed E-state index contributed by atoms with van der Waals surface area (Å²) < 4.78 is 5.95. The lowest BCUT2D eigenvalue weighted by atomic mass is 9.53. The van der Waals surface area contributed by atoms with E-state index in [0.29, 0.717) is 23.5 Å². The Kier molecular flexibility index (Phi) is 4.08. The van der Waals surface area contributed by atoms with Crippen LogP contribution in [0.4, 0.5) is 0 Å². The van der Waals surface area contributed by atoms with Crippen molar-refractivity contribution in [3.8, 4) is 11.5 Å². The van der Waals surface area contributed by atoms with E-state index < -0.39 is 24.7 Å². The first-order valence-corrected chi connectivity index (χ1v) is 9.64. The van der Waals surface area contributed by atoms with Crippen LogP contribution in [0.3, 0.4) is 0 Å². The monoisotopic (exact) mass is 374 g/mol. The third-order valence-electron chi connectivity index (χ3n) is 7.09. The van der Waals surface area contributed by atoms with Crippen molar-refractivity contribution in [3.05, 3.63) is 17.4 Å². The Hall–Kier alpha value is -1.70. The van der Waals surface area contributed by atoms with Crippen molar-refractivity contribution >= 4 is 23.6 Å². The standard InChI is InChI=1S/C20H27BO6/c1-19(2)7-4-8-20(3)13(19)6-5-11(22)18-14(20)10-9-12(23)16(24)15(21(25)26)17(10)27-18/h9,11,13,22-26H,4-8H2,1-3H3/t11?,13-,20?/m1/s1. The van der Waals surface area contributed by atoms with Crippen molar-refractivity contribution in [1.29, 1.82) is 0 Å². The number of furan rings is 1. The highest BCUT2D eigenvalue weighted by atomic mass is 16.4. The first-order valence-electron chi connectivity index (χ1n) is 9.64. The van der Waals surface area contributed by atoms with Gasteiger partial charge in [-0.3, -0.25) is 0 Å². The van der Waals surface area contributed by atoms with Gasteiger partial charge in [0.1, 0.15) is 17.4 Å². The highest BCUT2D eigenvalue weighted by Crippen LogP contribution is 2.59. The van der Waals surface area contributed by atoms with Crippen molar-refractivity contribution in [3.63, 3.8) is 0 Å². The summed E-state index contributed by atoms with van der Waals surface area (Å²) >= 11 is 0. The van der Waals surface area contributed by atoms with E-state index in [1.165, 1.54) is 6.07 Å². The summed E-state index contributed by atoms with van der Waals surface area (Å²) in [6.07, 6.45) is 3.71. The van der Waals surface area contributed by atoms with E-state index in [2.05, 4.69) is 20.8 Å². The highest BCUT2D eigenvalue weighted by Gasteiger charge is 2.52. The van der Waals surface area contributed by atoms with Gasteiger partial charge in [-0.15, -0.1) is 0 Å². The minimum atomic E-state index is -2.00. The number of rotatable bonds is 1. The predicted molar refractivity (Wildman–Crippen MR) is 102 cm³/mol. The number of aliphatic hydroxyl groups excluding tert-OH is 1. The molecule has 2 aliphatic rings. The molecule has 2 unspecified atom stereocenters. The lowest BCUT2D eigenvalue weighted by Gasteiger charge is -2.50. The molecule has 2 aromatic rings. The molecule has 4 rings (SSSR count). The summed E-state index contributed by atoms with van der Waals surface area (Å²) in [6.45, 7) is 6.71. The molecule has 0 aliphatic heterocycles. The molecule has 1 heterocycles. The van der Waals surface area contributed by atoms with Crippen LogP contribution in [0.5, 0.6) is 11.5 Å². The van der Waals surface area contributed by atoms with Crippen LogP contribution in [0.25, 0.3) is 11.0 Å². The van der Waals surface area contributed by atoms with E-state index in [0.717, 1.165) is 31.2 Å². The molecule has 6 nitrogen and oxygen atoms in total. The van der Waals surface area contributed by atoms with Crippen molar-refractivity contribution in [1.82, 2.24) is 0 Å². The fraction of sp³-hybridized carbons (Fsp3) is 0.600. The van der Waals surface area contributed by atoms with E-state index in [4.69, 9.17) is 4.42 Å². The molecule has 0 saturated heterocycles. The Bertz CT molecular complexity index is 902. The van der Waals surface area contributed by atoms with Gasteiger partial charge in [0.25, 0.3) is 0 Å². The summed E-state index contributed by atoms with van der Waals surface area (Å²) in [4.78, 5) is 0. The van der Waals surface area contributed by atoms with Gasteiger partial charge in [0.2, 0.25) is 0 Å². The molecular formula is C20H27BO6. The predicted octanol–water partition coefficient (Wildman–Crippen LogP) is 2.44. The summed E-state index contributed by atoms with van der Waals surface area (Å²) in [7, 11) is -2.00. The van der Waals surface area contributed by atoms with Crippen LogP contribution in [-0.2, 0) is 5.41 Å². The maximum absolute atomic E-state index is 10.8. The second kappa shape index (κ2) is 5.90. The largest absolute Gasteiger partial charge is 0.504 e. The zero-order valence-corrected chi connectivity index (χ0v) is 16.0. The van der Waals surface area contributed by atoms with Crippen molar-refractivity contribution in [2.75, 3.05) is 0 Å². The van der Waals surface area contributed by atoms with Crippen LogP contribution < -0.4 is 5.46 Å². The molecule has 2 aliphatic carbocycles. The molecule has 7 heteroatoms. The first-order chi connectivity index (χ1) is 12.6. The Labute approximate surface area is 158 Å². The maximum atomic E-state index is 10.8. The number of aromatic hydroxyl groups is 2. The van der Waals surface area contributed by atoms with Gasteiger partial charge < -0.3 is 29.8 Å². The maximum Gasteiger partial charge on any atom is 0.496 e. The molecule has 0 bridgehead atoms. The Morgan fingerprint density at radius 2 is 1.81 bits per heavy atom. The quantitative estimate of drug-likeness (QED) is 0.387. The fourth-order valence-corrected chi connectivity index (χ4v) is 5.90. The second-order valence-electron chi connectivity index (χ2n) is 9.15. The smallest absolute Gasteiger partial charge is 0.496 e. The Balaban J connectivity index is 2.08. The van der Waals surface area contributed by atoms with Gasteiger partial charge in [-0.1, -0.05) is 27.2 Å².